The number of anilines is 1. The van der Waals surface area contributed by atoms with Crippen LogP contribution in [-0.2, 0) is 4.74 Å². The highest BCUT2D eigenvalue weighted by molar-refractivity contribution is 5.73. The summed E-state index contributed by atoms with van der Waals surface area (Å²) in [7, 11) is 0. The normalized spacial score (nSPS) is 27.3. The van der Waals surface area contributed by atoms with E-state index in [9.17, 15) is 9.90 Å². The summed E-state index contributed by atoms with van der Waals surface area (Å²) in [5.74, 6) is 0. The molecule has 1 saturated heterocycles. The summed E-state index contributed by atoms with van der Waals surface area (Å²) >= 11 is 0. The highest BCUT2D eigenvalue weighted by atomic mass is 16.6. The van der Waals surface area contributed by atoms with E-state index in [0.29, 0.717) is 5.69 Å². The molecule has 2 rings (SSSR count). The van der Waals surface area contributed by atoms with Gasteiger partial charge >= 0.3 is 6.09 Å². The van der Waals surface area contributed by atoms with Gasteiger partial charge in [-0.2, -0.15) is 0 Å². The lowest BCUT2D eigenvalue weighted by atomic mass is 9.94. The van der Waals surface area contributed by atoms with Gasteiger partial charge in [-0.3, -0.25) is 0 Å². The number of cyclic esters (lactones) is 1. The van der Waals surface area contributed by atoms with E-state index in [0.717, 1.165) is 0 Å². The van der Waals surface area contributed by atoms with Crippen LogP contribution in [0.4, 0.5) is 10.5 Å². The van der Waals surface area contributed by atoms with Crippen LogP contribution in [0.2, 0.25) is 0 Å². The minimum Gasteiger partial charge on any atom is -0.437 e. The van der Waals surface area contributed by atoms with E-state index in [1.165, 1.54) is 5.01 Å². The lowest BCUT2D eigenvalue weighted by Gasteiger charge is -2.50. The van der Waals surface area contributed by atoms with E-state index in [2.05, 4.69) is 5.43 Å². The van der Waals surface area contributed by atoms with Crippen LogP contribution in [0.5, 0.6) is 0 Å². The van der Waals surface area contributed by atoms with Crippen molar-refractivity contribution in [1.29, 1.82) is 0 Å². The van der Waals surface area contributed by atoms with Crippen molar-refractivity contribution >= 4 is 11.8 Å². The Balaban J connectivity index is 2.42. The summed E-state index contributed by atoms with van der Waals surface area (Å²) in [6.45, 7) is 4.93. The molecule has 0 radical (unpaired) electrons. The van der Waals surface area contributed by atoms with Crippen molar-refractivity contribution in [3.05, 3.63) is 30.3 Å². The number of amides is 1. The second-order valence-corrected chi connectivity index (χ2v) is 4.70. The lowest BCUT2D eigenvalue weighted by molar-refractivity contribution is -0.147. The smallest absolute Gasteiger partial charge is 0.426 e. The molecule has 0 unspecified atom stereocenters. The van der Waals surface area contributed by atoms with Crippen molar-refractivity contribution < 1.29 is 14.6 Å². The number of hydrogen-bond acceptors (Lipinski definition) is 4. The van der Waals surface area contributed by atoms with Crippen LogP contribution in [0.25, 0.3) is 0 Å². The number of carbonyl (C=O) groups excluding carboxylic acids is 1. The average Bonchev–Trinajstić information content (AvgIpc) is 2.24. The summed E-state index contributed by atoms with van der Waals surface area (Å²) in [6, 6.07) is 9.14. The number of hydrogen-bond donors (Lipinski definition) is 2. The zero-order chi connectivity index (χ0) is 12.7. The quantitative estimate of drug-likeness (QED) is 0.778. The largest absolute Gasteiger partial charge is 0.437 e. The number of carbonyl (C=O) groups is 1. The van der Waals surface area contributed by atoms with Crippen LogP contribution in [0, 0.1) is 0 Å². The fourth-order valence-electron chi connectivity index (χ4n) is 1.71. The van der Waals surface area contributed by atoms with Gasteiger partial charge in [-0.05, 0) is 32.9 Å². The number of nitrogens with zero attached hydrogens (tertiary/aromatic N) is 1. The van der Waals surface area contributed by atoms with E-state index in [4.69, 9.17) is 4.74 Å². The molecule has 0 spiro atoms. The SMILES string of the molecule is CC1(C)OC(=O)NN(c2ccccc2)[C@@]1(C)O. The van der Waals surface area contributed by atoms with E-state index in [1.54, 1.807) is 32.9 Å². The maximum atomic E-state index is 11.5. The molecule has 1 amide bonds. The Morgan fingerprint density at radius 1 is 1.24 bits per heavy atom. The summed E-state index contributed by atoms with van der Waals surface area (Å²) in [4.78, 5) is 11.5. The summed E-state index contributed by atoms with van der Waals surface area (Å²) in [5.41, 5.74) is 0.843. The third kappa shape index (κ3) is 1.82. The van der Waals surface area contributed by atoms with Gasteiger partial charge in [0.1, 0.15) is 0 Å². The van der Waals surface area contributed by atoms with E-state index in [1.807, 2.05) is 18.2 Å². The highest BCUT2D eigenvalue weighted by Crippen LogP contribution is 2.34. The zero-order valence-corrected chi connectivity index (χ0v) is 10.1. The molecule has 0 bridgehead atoms. The fourth-order valence-corrected chi connectivity index (χ4v) is 1.71. The van der Waals surface area contributed by atoms with Gasteiger partial charge in [0.15, 0.2) is 11.3 Å². The maximum absolute atomic E-state index is 11.5. The Kier molecular flexibility index (Phi) is 2.50. The molecule has 1 fully saturated rings. The number of nitrogens with one attached hydrogen (secondary N) is 1. The minimum atomic E-state index is -1.34. The fraction of sp³-hybridized carbons (Fsp3) is 0.417. The number of hydrazine groups is 1. The molecule has 1 aliphatic rings. The summed E-state index contributed by atoms with van der Waals surface area (Å²) in [5, 5.41) is 11.9. The van der Waals surface area contributed by atoms with Crippen LogP contribution in [-0.4, -0.2) is 22.5 Å². The van der Waals surface area contributed by atoms with Crippen LogP contribution in [0.3, 0.4) is 0 Å². The van der Waals surface area contributed by atoms with E-state index >= 15 is 0 Å². The third-order valence-corrected chi connectivity index (χ3v) is 3.14. The monoisotopic (exact) mass is 236 g/mol. The second kappa shape index (κ2) is 3.63. The standard InChI is InChI=1S/C12H16N2O3/c1-11(2)12(3,16)14(13-10(15)17-11)9-7-5-4-6-8-9/h4-8,16H,1-3H3,(H,13,15)/t12-/m0/s1. The van der Waals surface area contributed by atoms with Gasteiger partial charge in [0, 0.05) is 0 Å². The number of para-hydroxylation sites is 1. The first-order chi connectivity index (χ1) is 7.84. The molecule has 1 aromatic rings. The molecule has 0 saturated carbocycles. The number of ether oxygens (including phenoxy) is 1. The molecule has 5 heteroatoms. The molecule has 5 nitrogen and oxygen atoms in total. The predicted molar refractivity (Wildman–Crippen MR) is 63.2 cm³/mol. The third-order valence-electron chi connectivity index (χ3n) is 3.14. The van der Waals surface area contributed by atoms with Crippen LogP contribution in [0.15, 0.2) is 30.3 Å². The molecule has 0 aromatic heterocycles. The van der Waals surface area contributed by atoms with Gasteiger partial charge in [-0.25, -0.2) is 15.2 Å². The van der Waals surface area contributed by atoms with E-state index < -0.39 is 17.4 Å². The lowest BCUT2D eigenvalue weighted by Crippen LogP contribution is -2.72. The Hall–Kier alpha value is -1.75. The molecule has 1 aromatic carbocycles. The van der Waals surface area contributed by atoms with Crippen molar-refractivity contribution in [2.24, 2.45) is 0 Å². The number of aliphatic hydroxyl groups is 1. The maximum Gasteiger partial charge on any atom is 0.426 e. The first-order valence-electron chi connectivity index (χ1n) is 5.42. The predicted octanol–water partition coefficient (Wildman–Crippen LogP) is 1.63. The van der Waals surface area contributed by atoms with Crippen molar-refractivity contribution in [2.75, 3.05) is 5.01 Å². The second-order valence-electron chi connectivity index (χ2n) is 4.70. The van der Waals surface area contributed by atoms with Gasteiger partial charge < -0.3 is 9.84 Å². The van der Waals surface area contributed by atoms with Gasteiger partial charge in [0.25, 0.3) is 0 Å². The first-order valence-corrected chi connectivity index (χ1v) is 5.42. The first kappa shape index (κ1) is 11.7. The van der Waals surface area contributed by atoms with E-state index in [-0.39, 0.29) is 0 Å². The van der Waals surface area contributed by atoms with Gasteiger partial charge in [0.2, 0.25) is 0 Å². The van der Waals surface area contributed by atoms with Crippen molar-refractivity contribution in [3.8, 4) is 0 Å². The molecule has 1 atom stereocenters. The minimum absolute atomic E-state index is 0.578. The molecular formula is C12H16N2O3. The highest BCUT2D eigenvalue weighted by Gasteiger charge is 2.52. The molecule has 1 aliphatic heterocycles. The van der Waals surface area contributed by atoms with Crippen LogP contribution < -0.4 is 10.4 Å². The molecule has 0 aliphatic carbocycles. The Morgan fingerprint density at radius 3 is 2.41 bits per heavy atom. The van der Waals surface area contributed by atoms with Crippen molar-refractivity contribution in [2.45, 2.75) is 32.1 Å². The summed E-state index contributed by atoms with van der Waals surface area (Å²) in [6.07, 6.45) is -0.578. The molecular weight excluding hydrogens is 220 g/mol. The van der Waals surface area contributed by atoms with Crippen molar-refractivity contribution in [3.63, 3.8) is 0 Å². The van der Waals surface area contributed by atoms with Crippen molar-refractivity contribution in [1.82, 2.24) is 5.43 Å². The molecule has 1 heterocycles. The molecule has 2 N–H and O–H groups in total. The number of rotatable bonds is 1. The molecule has 92 valence electrons. The number of benzene rings is 1. The van der Waals surface area contributed by atoms with Gasteiger partial charge in [0.05, 0.1) is 5.69 Å². The van der Waals surface area contributed by atoms with Gasteiger partial charge in [-0.15, -0.1) is 0 Å². The summed E-state index contributed by atoms with van der Waals surface area (Å²) < 4.78 is 5.10. The van der Waals surface area contributed by atoms with Gasteiger partial charge in [-0.1, -0.05) is 18.2 Å². The Morgan fingerprint density at radius 2 is 1.82 bits per heavy atom. The van der Waals surface area contributed by atoms with Crippen LogP contribution >= 0.6 is 0 Å². The Labute approximate surface area is 100.0 Å². The Bertz CT molecular complexity index is 429. The molecule has 17 heavy (non-hydrogen) atoms. The zero-order valence-electron chi connectivity index (χ0n) is 10.1. The topological polar surface area (TPSA) is 61.8 Å². The average molecular weight is 236 g/mol. The van der Waals surface area contributed by atoms with Crippen LogP contribution in [0.1, 0.15) is 20.8 Å².